The van der Waals surface area contributed by atoms with E-state index in [4.69, 9.17) is 16.4 Å². The molecule has 1 fully saturated rings. The van der Waals surface area contributed by atoms with Crippen LogP contribution in [0.1, 0.15) is 11.6 Å². The molecule has 1 amide bonds. The molecule has 1 saturated heterocycles. The monoisotopic (exact) mass is 212 g/mol. The molecule has 1 aliphatic rings. The van der Waals surface area contributed by atoms with Crippen molar-refractivity contribution >= 4 is 18.0 Å². The Morgan fingerprint density at radius 2 is 2.21 bits per heavy atom. The molecule has 1 aromatic rings. The first-order valence-corrected chi connectivity index (χ1v) is 4.68. The highest BCUT2D eigenvalue weighted by atomic mass is 35.5. The zero-order chi connectivity index (χ0) is 10.6. The topological polar surface area (TPSA) is 46.1 Å². The van der Waals surface area contributed by atoms with E-state index in [1.807, 2.05) is 18.2 Å². The van der Waals surface area contributed by atoms with Crippen molar-refractivity contribution in [2.75, 3.05) is 13.6 Å². The second-order valence-corrected chi connectivity index (χ2v) is 3.58. The summed E-state index contributed by atoms with van der Waals surface area (Å²) in [4.78, 5) is 10.9. The summed E-state index contributed by atoms with van der Waals surface area (Å²) in [5.74, 6) is 0. The Morgan fingerprint density at radius 1 is 1.64 bits per heavy atom. The van der Waals surface area contributed by atoms with Gasteiger partial charge in [-0.25, -0.2) is 0 Å². The molecule has 3 nitrogen and oxygen atoms in total. The van der Waals surface area contributed by atoms with Gasteiger partial charge in [-0.1, -0.05) is 23.7 Å². The first-order valence-electron chi connectivity index (χ1n) is 4.30. The van der Waals surface area contributed by atoms with Crippen LogP contribution in [-0.4, -0.2) is 24.9 Å². The van der Waals surface area contributed by atoms with Gasteiger partial charge in [-0.05, 0) is 24.7 Å². The second kappa shape index (κ2) is 4.98. The van der Waals surface area contributed by atoms with Gasteiger partial charge >= 0.3 is 0 Å². The molecule has 1 heterocycles. The number of hydrogen-bond donors (Lipinski definition) is 1. The van der Waals surface area contributed by atoms with E-state index in [0.717, 1.165) is 5.02 Å². The summed E-state index contributed by atoms with van der Waals surface area (Å²) in [6.07, 6.45) is 0.250. The summed E-state index contributed by atoms with van der Waals surface area (Å²) in [7, 11) is 2.12. The zero-order valence-corrected chi connectivity index (χ0v) is 8.74. The van der Waals surface area contributed by atoms with E-state index in [2.05, 4.69) is 23.7 Å². The SMILES string of the molecule is CN1CC1c1cccc(Cl)c1.NC=O. The molecule has 2 unspecified atom stereocenters. The van der Waals surface area contributed by atoms with Gasteiger partial charge < -0.3 is 5.73 Å². The molecule has 2 rings (SSSR count). The van der Waals surface area contributed by atoms with Gasteiger partial charge in [0.25, 0.3) is 0 Å². The van der Waals surface area contributed by atoms with Crippen LogP contribution < -0.4 is 5.73 Å². The minimum Gasteiger partial charge on any atom is -0.372 e. The van der Waals surface area contributed by atoms with E-state index in [1.165, 1.54) is 12.1 Å². The van der Waals surface area contributed by atoms with Crippen LogP contribution in [0.4, 0.5) is 0 Å². The molecule has 0 saturated carbocycles. The number of halogens is 1. The molecule has 2 atom stereocenters. The number of benzene rings is 1. The fourth-order valence-electron chi connectivity index (χ4n) is 1.30. The Kier molecular flexibility index (Phi) is 3.92. The molecule has 14 heavy (non-hydrogen) atoms. The first kappa shape index (κ1) is 11.0. The molecule has 0 bridgehead atoms. The largest absolute Gasteiger partial charge is 0.372 e. The van der Waals surface area contributed by atoms with E-state index in [0.29, 0.717) is 6.04 Å². The predicted octanol–water partition coefficient (Wildman–Crippen LogP) is 1.43. The number of nitrogens with zero attached hydrogens (tertiary/aromatic N) is 1. The minimum atomic E-state index is 0.250. The highest BCUT2D eigenvalue weighted by Gasteiger charge is 2.30. The number of carbonyl (C=O) groups is 1. The molecular weight excluding hydrogens is 200 g/mol. The Labute approximate surface area is 88.5 Å². The first-order chi connectivity index (χ1) is 6.69. The molecule has 1 aliphatic heterocycles. The van der Waals surface area contributed by atoms with Gasteiger partial charge in [-0.2, -0.15) is 0 Å². The van der Waals surface area contributed by atoms with Crippen molar-refractivity contribution in [1.29, 1.82) is 0 Å². The van der Waals surface area contributed by atoms with Crippen molar-refractivity contribution in [1.82, 2.24) is 4.90 Å². The molecule has 0 aromatic heterocycles. The lowest BCUT2D eigenvalue weighted by Gasteiger charge is -1.97. The Hall–Kier alpha value is -1.06. The molecule has 0 aliphatic carbocycles. The second-order valence-electron chi connectivity index (χ2n) is 3.15. The van der Waals surface area contributed by atoms with Gasteiger partial charge in [-0.3, -0.25) is 9.69 Å². The van der Waals surface area contributed by atoms with Crippen molar-refractivity contribution in [3.05, 3.63) is 34.9 Å². The van der Waals surface area contributed by atoms with Crippen LogP contribution in [0, 0.1) is 0 Å². The third-order valence-electron chi connectivity index (χ3n) is 2.09. The van der Waals surface area contributed by atoms with E-state index in [1.54, 1.807) is 0 Å². The van der Waals surface area contributed by atoms with Gasteiger partial charge in [0.1, 0.15) is 0 Å². The average molecular weight is 213 g/mol. The molecule has 2 N–H and O–H groups in total. The average Bonchev–Trinajstić information content (AvgIpc) is 2.84. The van der Waals surface area contributed by atoms with Gasteiger partial charge in [0.2, 0.25) is 6.41 Å². The summed E-state index contributed by atoms with van der Waals surface area (Å²) < 4.78 is 0. The number of likely N-dealkylation sites (N-methyl/N-ethyl adjacent to an activating group) is 1. The van der Waals surface area contributed by atoms with E-state index >= 15 is 0 Å². The normalized spacial score (nSPS) is 23.3. The summed E-state index contributed by atoms with van der Waals surface area (Å²) in [6.45, 7) is 1.17. The maximum absolute atomic E-state index is 8.58. The molecule has 0 spiro atoms. The van der Waals surface area contributed by atoms with Gasteiger partial charge in [0, 0.05) is 17.6 Å². The lowest BCUT2D eigenvalue weighted by molar-refractivity contribution is -0.106. The molecule has 4 heteroatoms. The van der Waals surface area contributed by atoms with Crippen molar-refractivity contribution in [3.63, 3.8) is 0 Å². The predicted molar refractivity (Wildman–Crippen MR) is 57.1 cm³/mol. The van der Waals surface area contributed by atoms with E-state index in [-0.39, 0.29) is 6.41 Å². The summed E-state index contributed by atoms with van der Waals surface area (Å²) in [5.41, 5.74) is 5.50. The van der Waals surface area contributed by atoms with Crippen molar-refractivity contribution < 1.29 is 4.79 Å². The summed E-state index contributed by atoms with van der Waals surface area (Å²) in [6, 6.07) is 8.70. The number of rotatable bonds is 1. The number of nitrogens with two attached hydrogens (primary N) is 1. The maximum Gasteiger partial charge on any atom is 0.204 e. The van der Waals surface area contributed by atoms with Crippen LogP contribution in [0.15, 0.2) is 24.3 Å². The smallest absolute Gasteiger partial charge is 0.204 e. The number of hydrogen-bond acceptors (Lipinski definition) is 2. The van der Waals surface area contributed by atoms with Gasteiger partial charge in [0.15, 0.2) is 0 Å². The number of carbonyl (C=O) groups excluding carboxylic acids is 1. The Balaban J connectivity index is 0.000000293. The molecule has 76 valence electrons. The van der Waals surface area contributed by atoms with E-state index < -0.39 is 0 Å². The molecule has 1 aromatic carbocycles. The van der Waals surface area contributed by atoms with Crippen LogP contribution in [-0.2, 0) is 4.79 Å². The van der Waals surface area contributed by atoms with Gasteiger partial charge in [0.05, 0.1) is 0 Å². The summed E-state index contributed by atoms with van der Waals surface area (Å²) in [5, 5.41) is 0.836. The number of primary amides is 1. The van der Waals surface area contributed by atoms with Crippen LogP contribution in [0.25, 0.3) is 0 Å². The highest BCUT2D eigenvalue weighted by Crippen LogP contribution is 2.33. The minimum absolute atomic E-state index is 0.250. The van der Waals surface area contributed by atoms with E-state index in [9.17, 15) is 0 Å². The Morgan fingerprint density at radius 3 is 2.64 bits per heavy atom. The lowest BCUT2D eigenvalue weighted by Crippen LogP contribution is -1.86. The quantitative estimate of drug-likeness (QED) is 0.566. The maximum atomic E-state index is 8.58. The van der Waals surface area contributed by atoms with Crippen molar-refractivity contribution in [3.8, 4) is 0 Å². The standard InChI is InChI=1S/C9H10ClN.CH3NO/c1-11-6-9(11)7-3-2-4-8(10)5-7;2-1-3/h2-5,9H,6H2,1H3;1H,(H2,2,3). The van der Waals surface area contributed by atoms with Crippen LogP contribution in [0.2, 0.25) is 5.02 Å². The molecular formula is C10H13ClN2O. The summed E-state index contributed by atoms with van der Waals surface area (Å²) >= 11 is 5.85. The van der Waals surface area contributed by atoms with Crippen LogP contribution in [0.3, 0.4) is 0 Å². The van der Waals surface area contributed by atoms with Crippen molar-refractivity contribution in [2.45, 2.75) is 6.04 Å². The fourth-order valence-corrected chi connectivity index (χ4v) is 1.50. The number of amides is 1. The highest BCUT2D eigenvalue weighted by molar-refractivity contribution is 6.30. The Bertz CT molecular complexity index is 317. The fraction of sp³-hybridized carbons (Fsp3) is 0.300. The third-order valence-corrected chi connectivity index (χ3v) is 2.33. The van der Waals surface area contributed by atoms with Gasteiger partial charge in [-0.15, -0.1) is 0 Å². The van der Waals surface area contributed by atoms with Crippen molar-refractivity contribution in [2.24, 2.45) is 5.73 Å². The van der Waals surface area contributed by atoms with Crippen LogP contribution in [0.5, 0.6) is 0 Å². The lowest BCUT2D eigenvalue weighted by atomic mass is 10.2. The zero-order valence-electron chi connectivity index (χ0n) is 7.98. The third kappa shape index (κ3) is 3.01. The molecule has 0 radical (unpaired) electrons. The van der Waals surface area contributed by atoms with Crippen LogP contribution >= 0.6 is 11.6 Å².